The standard InChI is InChI=1S/C24H25N5O2/c1-14-11-12-19(13-15(14)2)25-23(30)18(5)29-24(31)22-21(16(3)26-29)17(4)28(27-22)20-9-7-6-8-10-20/h6-13,18H,1-5H3,(H,25,30)/t18-/m0/s1. The molecule has 31 heavy (non-hydrogen) atoms. The molecular weight excluding hydrogens is 390 g/mol. The molecule has 2 aromatic carbocycles. The van der Waals surface area contributed by atoms with Gasteiger partial charge in [0.1, 0.15) is 6.04 Å². The molecule has 0 bridgehead atoms. The highest BCUT2D eigenvalue weighted by Crippen LogP contribution is 2.22. The number of nitrogens with zero attached hydrogens (tertiary/aromatic N) is 4. The summed E-state index contributed by atoms with van der Waals surface area (Å²) in [6.45, 7) is 9.41. The van der Waals surface area contributed by atoms with Crippen molar-refractivity contribution in [2.75, 3.05) is 5.32 Å². The molecule has 4 aromatic rings. The number of para-hydroxylation sites is 1. The van der Waals surface area contributed by atoms with Crippen molar-refractivity contribution >= 4 is 22.5 Å². The molecule has 0 aliphatic heterocycles. The minimum atomic E-state index is -0.792. The number of anilines is 1. The van der Waals surface area contributed by atoms with Crippen LogP contribution in [0.15, 0.2) is 53.3 Å². The Labute approximate surface area is 180 Å². The molecule has 0 spiro atoms. The number of nitrogens with one attached hydrogen (secondary N) is 1. The average Bonchev–Trinajstić information content (AvgIpc) is 3.11. The Kier molecular flexibility index (Phi) is 5.19. The van der Waals surface area contributed by atoms with E-state index in [1.807, 2.05) is 76.2 Å². The zero-order valence-corrected chi connectivity index (χ0v) is 18.3. The van der Waals surface area contributed by atoms with Crippen LogP contribution in [0.4, 0.5) is 5.69 Å². The molecule has 7 heteroatoms. The molecule has 7 nitrogen and oxygen atoms in total. The first-order chi connectivity index (χ1) is 14.8. The van der Waals surface area contributed by atoms with E-state index < -0.39 is 6.04 Å². The summed E-state index contributed by atoms with van der Waals surface area (Å²) in [4.78, 5) is 26.1. The number of hydrogen-bond acceptors (Lipinski definition) is 4. The number of hydrogen-bond donors (Lipinski definition) is 1. The van der Waals surface area contributed by atoms with Crippen LogP contribution >= 0.6 is 0 Å². The van der Waals surface area contributed by atoms with E-state index in [-0.39, 0.29) is 11.5 Å². The van der Waals surface area contributed by atoms with Crippen molar-refractivity contribution < 1.29 is 4.79 Å². The largest absolute Gasteiger partial charge is 0.324 e. The number of aromatic nitrogens is 4. The van der Waals surface area contributed by atoms with Gasteiger partial charge in [-0.25, -0.2) is 9.36 Å². The number of benzene rings is 2. The highest BCUT2D eigenvalue weighted by atomic mass is 16.2. The molecule has 0 saturated heterocycles. The van der Waals surface area contributed by atoms with Crippen molar-refractivity contribution in [3.05, 3.63) is 81.4 Å². The van der Waals surface area contributed by atoms with Crippen LogP contribution in [0.25, 0.3) is 16.6 Å². The summed E-state index contributed by atoms with van der Waals surface area (Å²) in [6, 6.07) is 14.6. The molecule has 0 unspecified atom stereocenters. The van der Waals surface area contributed by atoms with E-state index in [1.54, 1.807) is 11.6 Å². The summed E-state index contributed by atoms with van der Waals surface area (Å²) < 4.78 is 2.96. The van der Waals surface area contributed by atoms with Crippen LogP contribution in [0.2, 0.25) is 0 Å². The first kappa shape index (κ1) is 20.5. The molecule has 0 aliphatic carbocycles. The van der Waals surface area contributed by atoms with Gasteiger partial charge < -0.3 is 5.32 Å². The summed E-state index contributed by atoms with van der Waals surface area (Å²) in [6.07, 6.45) is 0. The Bertz CT molecular complexity index is 1350. The highest BCUT2D eigenvalue weighted by Gasteiger charge is 2.23. The Balaban J connectivity index is 1.74. The van der Waals surface area contributed by atoms with Gasteiger partial charge in [-0.3, -0.25) is 9.59 Å². The molecule has 158 valence electrons. The van der Waals surface area contributed by atoms with Crippen molar-refractivity contribution in [2.24, 2.45) is 0 Å². The molecule has 4 rings (SSSR count). The normalized spacial score (nSPS) is 12.2. The molecule has 0 saturated carbocycles. The third-order valence-corrected chi connectivity index (χ3v) is 5.67. The van der Waals surface area contributed by atoms with Gasteiger partial charge in [-0.1, -0.05) is 24.3 Å². The minimum Gasteiger partial charge on any atom is -0.324 e. The Morgan fingerprint density at radius 3 is 2.35 bits per heavy atom. The molecule has 1 atom stereocenters. The lowest BCUT2D eigenvalue weighted by Crippen LogP contribution is -2.34. The highest BCUT2D eigenvalue weighted by molar-refractivity contribution is 5.93. The Morgan fingerprint density at radius 1 is 0.968 bits per heavy atom. The molecule has 1 N–H and O–H groups in total. The SMILES string of the molecule is Cc1ccc(NC(=O)[C@H](C)n2nc(C)c3c(C)n(-c4ccccc4)nc3c2=O)cc1C. The van der Waals surface area contributed by atoms with E-state index >= 15 is 0 Å². The summed E-state index contributed by atoms with van der Waals surface area (Å²) in [5.41, 5.74) is 5.19. The Morgan fingerprint density at radius 2 is 1.68 bits per heavy atom. The summed E-state index contributed by atoms with van der Waals surface area (Å²) in [7, 11) is 0. The second-order valence-corrected chi connectivity index (χ2v) is 7.86. The fourth-order valence-corrected chi connectivity index (χ4v) is 3.71. The maximum atomic E-state index is 13.2. The number of carbonyl (C=O) groups is 1. The topological polar surface area (TPSA) is 81.8 Å². The molecule has 0 radical (unpaired) electrons. The average molecular weight is 415 g/mol. The van der Waals surface area contributed by atoms with Crippen molar-refractivity contribution in [3.8, 4) is 5.69 Å². The zero-order chi connectivity index (χ0) is 22.3. The second kappa shape index (κ2) is 7.83. The van der Waals surface area contributed by atoms with Crippen LogP contribution in [0.1, 0.15) is 35.5 Å². The first-order valence-electron chi connectivity index (χ1n) is 10.2. The summed E-state index contributed by atoms with van der Waals surface area (Å²) in [5, 5.41) is 12.6. The van der Waals surface area contributed by atoms with Gasteiger partial charge in [0.25, 0.3) is 5.56 Å². The van der Waals surface area contributed by atoms with Gasteiger partial charge in [0, 0.05) is 5.69 Å². The number of fused-ring (bicyclic) bond motifs is 1. The fraction of sp³-hybridized carbons (Fsp3) is 0.250. The molecule has 0 aliphatic rings. The smallest absolute Gasteiger partial charge is 0.295 e. The van der Waals surface area contributed by atoms with Gasteiger partial charge in [-0.15, -0.1) is 0 Å². The van der Waals surface area contributed by atoms with Crippen LogP contribution in [0.5, 0.6) is 0 Å². The summed E-state index contributed by atoms with van der Waals surface area (Å²) >= 11 is 0. The first-order valence-corrected chi connectivity index (χ1v) is 10.2. The van der Waals surface area contributed by atoms with Crippen LogP contribution in [-0.4, -0.2) is 25.5 Å². The van der Waals surface area contributed by atoms with Gasteiger partial charge in [0.2, 0.25) is 5.91 Å². The third-order valence-electron chi connectivity index (χ3n) is 5.67. The predicted molar refractivity (Wildman–Crippen MR) is 122 cm³/mol. The molecule has 1 amide bonds. The van der Waals surface area contributed by atoms with Crippen molar-refractivity contribution in [2.45, 2.75) is 40.7 Å². The van der Waals surface area contributed by atoms with E-state index in [1.165, 1.54) is 4.68 Å². The molecular formula is C24H25N5O2. The maximum absolute atomic E-state index is 13.2. The molecule has 2 heterocycles. The van der Waals surface area contributed by atoms with Gasteiger partial charge in [0.05, 0.1) is 22.5 Å². The van der Waals surface area contributed by atoms with Crippen LogP contribution in [0, 0.1) is 27.7 Å². The predicted octanol–water partition coefficient (Wildman–Crippen LogP) is 4.02. The van der Waals surface area contributed by atoms with Crippen LogP contribution < -0.4 is 10.9 Å². The van der Waals surface area contributed by atoms with E-state index in [4.69, 9.17) is 0 Å². The lowest BCUT2D eigenvalue weighted by molar-refractivity contribution is -0.119. The lowest BCUT2D eigenvalue weighted by Gasteiger charge is -2.15. The van der Waals surface area contributed by atoms with Crippen molar-refractivity contribution in [3.63, 3.8) is 0 Å². The van der Waals surface area contributed by atoms with Crippen molar-refractivity contribution in [1.29, 1.82) is 0 Å². The quantitative estimate of drug-likeness (QED) is 0.546. The number of amides is 1. The summed E-state index contributed by atoms with van der Waals surface area (Å²) in [5.74, 6) is -0.309. The van der Waals surface area contributed by atoms with E-state index in [2.05, 4.69) is 15.5 Å². The van der Waals surface area contributed by atoms with Crippen LogP contribution in [-0.2, 0) is 4.79 Å². The van der Waals surface area contributed by atoms with Gasteiger partial charge in [-0.05, 0) is 70.0 Å². The minimum absolute atomic E-state index is 0.305. The zero-order valence-electron chi connectivity index (χ0n) is 18.3. The number of carbonyl (C=O) groups excluding carboxylic acids is 1. The molecule has 2 aromatic heterocycles. The van der Waals surface area contributed by atoms with Gasteiger partial charge in [0.15, 0.2) is 5.52 Å². The van der Waals surface area contributed by atoms with E-state index in [9.17, 15) is 9.59 Å². The van der Waals surface area contributed by atoms with E-state index in [0.717, 1.165) is 22.5 Å². The molecule has 0 fully saturated rings. The van der Waals surface area contributed by atoms with Crippen molar-refractivity contribution in [1.82, 2.24) is 19.6 Å². The van der Waals surface area contributed by atoms with Gasteiger partial charge in [-0.2, -0.15) is 10.2 Å². The van der Waals surface area contributed by atoms with Gasteiger partial charge >= 0.3 is 0 Å². The third kappa shape index (κ3) is 3.63. The monoisotopic (exact) mass is 415 g/mol. The second-order valence-electron chi connectivity index (χ2n) is 7.86. The maximum Gasteiger partial charge on any atom is 0.295 e. The number of rotatable bonds is 4. The fourth-order valence-electron chi connectivity index (χ4n) is 3.71. The van der Waals surface area contributed by atoms with Crippen LogP contribution in [0.3, 0.4) is 0 Å². The van der Waals surface area contributed by atoms with E-state index in [0.29, 0.717) is 22.3 Å². The Hall–Kier alpha value is -3.74. The number of aryl methyl sites for hydroxylation is 4. The lowest BCUT2D eigenvalue weighted by atomic mass is 10.1.